The monoisotopic (exact) mass is 349 g/mol. The second-order valence-corrected chi connectivity index (χ2v) is 6.34. The minimum atomic E-state index is -0.178. The van der Waals surface area contributed by atoms with Crippen LogP contribution in [0.15, 0.2) is 54.7 Å². The number of carbonyl (C=O) groups is 2. The largest absolute Gasteiger partial charge is 0.361 e. The van der Waals surface area contributed by atoms with E-state index in [2.05, 4.69) is 21.7 Å². The van der Waals surface area contributed by atoms with E-state index in [4.69, 9.17) is 0 Å². The average molecular weight is 349 g/mol. The first kappa shape index (κ1) is 17.7. The first-order valence-corrected chi connectivity index (χ1v) is 8.76. The van der Waals surface area contributed by atoms with Crippen LogP contribution in [0, 0.1) is 6.92 Å². The normalized spacial score (nSPS) is 10.7. The van der Waals surface area contributed by atoms with E-state index >= 15 is 0 Å². The second-order valence-electron chi connectivity index (χ2n) is 6.34. The SMILES string of the molecule is Cc1ccccc1CC(=O)NCC(=O)NCCc1c[nH]c2ccccc12. The van der Waals surface area contributed by atoms with E-state index in [1.165, 1.54) is 10.9 Å². The van der Waals surface area contributed by atoms with E-state index in [1.54, 1.807) is 0 Å². The van der Waals surface area contributed by atoms with Gasteiger partial charge in [0.1, 0.15) is 0 Å². The number of para-hydroxylation sites is 1. The zero-order chi connectivity index (χ0) is 18.4. The number of aryl methyl sites for hydroxylation is 1. The summed E-state index contributed by atoms with van der Waals surface area (Å²) in [7, 11) is 0. The van der Waals surface area contributed by atoms with Crippen LogP contribution in [-0.4, -0.2) is 29.9 Å². The van der Waals surface area contributed by atoms with Gasteiger partial charge in [0.2, 0.25) is 11.8 Å². The van der Waals surface area contributed by atoms with E-state index < -0.39 is 0 Å². The Morgan fingerprint density at radius 3 is 2.54 bits per heavy atom. The Kier molecular flexibility index (Phi) is 5.69. The molecule has 0 bridgehead atoms. The van der Waals surface area contributed by atoms with Gasteiger partial charge in [-0.25, -0.2) is 0 Å². The van der Waals surface area contributed by atoms with Crippen molar-refractivity contribution in [2.75, 3.05) is 13.1 Å². The topological polar surface area (TPSA) is 74.0 Å². The van der Waals surface area contributed by atoms with Crippen LogP contribution in [-0.2, 0) is 22.4 Å². The van der Waals surface area contributed by atoms with Crippen molar-refractivity contribution in [1.29, 1.82) is 0 Å². The van der Waals surface area contributed by atoms with E-state index in [-0.39, 0.29) is 24.8 Å². The molecule has 1 heterocycles. The fraction of sp³-hybridized carbons (Fsp3) is 0.238. The van der Waals surface area contributed by atoms with Crippen LogP contribution >= 0.6 is 0 Å². The molecule has 0 saturated carbocycles. The Labute approximate surface area is 152 Å². The summed E-state index contributed by atoms with van der Waals surface area (Å²) in [5.74, 6) is -0.325. The molecule has 0 aliphatic carbocycles. The molecule has 5 nitrogen and oxygen atoms in total. The van der Waals surface area contributed by atoms with Gasteiger partial charge >= 0.3 is 0 Å². The van der Waals surface area contributed by atoms with E-state index in [1.807, 2.05) is 55.6 Å². The predicted octanol–water partition coefficient (Wildman–Crippen LogP) is 2.49. The predicted molar refractivity (Wildman–Crippen MR) is 103 cm³/mol. The summed E-state index contributed by atoms with van der Waals surface area (Å²) in [4.78, 5) is 27.1. The van der Waals surface area contributed by atoms with Crippen LogP contribution in [0.2, 0.25) is 0 Å². The van der Waals surface area contributed by atoms with Crippen LogP contribution in [0.4, 0.5) is 0 Å². The number of H-pyrrole nitrogens is 1. The number of rotatable bonds is 7. The third-order valence-corrected chi connectivity index (χ3v) is 4.45. The number of hydrogen-bond acceptors (Lipinski definition) is 2. The zero-order valence-electron chi connectivity index (χ0n) is 14.8. The Morgan fingerprint density at radius 2 is 1.69 bits per heavy atom. The summed E-state index contributed by atoms with van der Waals surface area (Å²) < 4.78 is 0. The lowest BCUT2D eigenvalue weighted by molar-refractivity contribution is -0.125. The molecular weight excluding hydrogens is 326 g/mol. The number of hydrogen-bond donors (Lipinski definition) is 3. The van der Waals surface area contributed by atoms with E-state index in [9.17, 15) is 9.59 Å². The molecule has 5 heteroatoms. The van der Waals surface area contributed by atoms with Crippen LogP contribution in [0.1, 0.15) is 16.7 Å². The fourth-order valence-corrected chi connectivity index (χ4v) is 2.96. The molecule has 0 atom stereocenters. The minimum Gasteiger partial charge on any atom is -0.361 e. The first-order valence-electron chi connectivity index (χ1n) is 8.76. The summed E-state index contributed by atoms with van der Waals surface area (Å²) in [6, 6.07) is 15.8. The smallest absolute Gasteiger partial charge is 0.239 e. The van der Waals surface area contributed by atoms with Crippen LogP contribution in [0.3, 0.4) is 0 Å². The zero-order valence-corrected chi connectivity index (χ0v) is 14.8. The summed E-state index contributed by atoms with van der Waals surface area (Å²) in [5, 5.41) is 6.70. The van der Waals surface area contributed by atoms with E-state index in [0.29, 0.717) is 6.54 Å². The maximum absolute atomic E-state index is 12.0. The first-order chi connectivity index (χ1) is 12.6. The van der Waals surface area contributed by atoms with Crippen LogP contribution in [0.25, 0.3) is 10.9 Å². The molecule has 1 aromatic heterocycles. The lowest BCUT2D eigenvalue weighted by Crippen LogP contribution is -2.38. The molecule has 0 radical (unpaired) electrons. The summed E-state index contributed by atoms with van der Waals surface area (Å²) in [6.07, 6.45) is 3.00. The van der Waals surface area contributed by atoms with Crippen LogP contribution in [0.5, 0.6) is 0 Å². The van der Waals surface area contributed by atoms with Gasteiger partial charge < -0.3 is 15.6 Å². The number of fused-ring (bicyclic) bond motifs is 1. The van der Waals surface area contributed by atoms with Crippen molar-refractivity contribution in [2.24, 2.45) is 0 Å². The van der Waals surface area contributed by atoms with Crippen molar-refractivity contribution in [3.05, 3.63) is 71.4 Å². The molecule has 2 aromatic carbocycles. The summed E-state index contributed by atoms with van der Waals surface area (Å²) >= 11 is 0. The molecule has 2 amide bonds. The fourth-order valence-electron chi connectivity index (χ4n) is 2.96. The average Bonchev–Trinajstić information content (AvgIpc) is 3.05. The summed E-state index contributed by atoms with van der Waals surface area (Å²) in [6.45, 7) is 2.51. The van der Waals surface area contributed by atoms with Crippen LogP contribution < -0.4 is 10.6 Å². The number of benzene rings is 2. The third-order valence-electron chi connectivity index (χ3n) is 4.45. The van der Waals surface area contributed by atoms with Crippen molar-refractivity contribution < 1.29 is 9.59 Å². The quantitative estimate of drug-likeness (QED) is 0.613. The molecule has 3 rings (SSSR count). The highest BCUT2D eigenvalue weighted by Gasteiger charge is 2.08. The van der Waals surface area contributed by atoms with E-state index in [0.717, 1.165) is 23.1 Å². The van der Waals surface area contributed by atoms with Crippen molar-refractivity contribution in [1.82, 2.24) is 15.6 Å². The summed E-state index contributed by atoms with van der Waals surface area (Å²) in [5.41, 5.74) is 4.32. The molecule has 0 fully saturated rings. The van der Waals surface area contributed by atoms with Gasteiger partial charge in [0, 0.05) is 23.6 Å². The van der Waals surface area contributed by atoms with Gasteiger partial charge in [0.05, 0.1) is 13.0 Å². The van der Waals surface area contributed by atoms with Gasteiger partial charge in [-0.3, -0.25) is 9.59 Å². The lowest BCUT2D eigenvalue weighted by Gasteiger charge is -2.08. The maximum atomic E-state index is 12.0. The number of aromatic amines is 1. The highest BCUT2D eigenvalue weighted by atomic mass is 16.2. The second kappa shape index (κ2) is 8.34. The Bertz CT molecular complexity index is 914. The van der Waals surface area contributed by atoms with Gasteiger partial charge in [0.15, 0.2) is 0 Å². The van der Waals surface area contributed by atoms with Gasteiger partial charge in [-0.1, -0.05) is 42.5 Å². The Hall–Kier alpha value is -3.08. The minimum absolute atomic E-state index is 0.00139. The molecule has 0 unspecified atom stereocenters. The van der Waals surface area contributed by atoms with Crippen molar-refractivity contribution >= 4 is 22.7 Å². The number of nitrogens with one attached hydrogen (secondary N) is 3. The number of carbonyl (C=O) groups excluding carboxylic acids is 2. The third kappa shape index (κ3) is 4.51. The van der Waals surface area contributed by atoms with Gasteiger partial charge in [-0.15, -0.1) is 0 Å². The van der Waals surface area contributed by atoms with Gasteiger partial charge in [0.25, 0.3) is 0 Å². The standard InChI is InChI=1S/C21H23N3O2/c1-15-6-2-3-7-16(15)12-20(25)24-14-21(26)22-11-10-17-13-23-19-9-5-4-8-18(17)19/h2-9,13,23H,10-12,14H2,1H3,(H,22,26)(H,24,25). The van der Waals surface area contributed by atoms with Gasteiger partial charge in [-0.05, 0) is 36.1 Å². The molecule has 3 aromatic rings. The lowest BCUT2D eigenvalue weighted by atomic mass is 10.1. The number of aromatic nitrogens is 1. The van der Waals surface area contributed by atoms with Crippen molar-refractivity contribution in [3.63, 3.8) is 0 Å². The number of amides is 2. The molecule has 0 saturated heterocycles. The molecule has 0 aliphatic rings. The van der Waals surface area contributed by atoms with Crippen molar-refractivity contribution in [2.45, 2.75) is 19.8 Å². The molecule has 0 spiro atoms. The maximum Gasteiger partial charge on any atom is 0.239 e. The molecule has 0 aliphatic heterocycles. The highest BCUT2D eigenvalue weighted by molar-refractivity contribution is 5.86. The molecule has 26 heavy (non-hydrogen) atoms. The van der Waals surface area contributed by atoms with Crippen molar-refractivity contribution in [3.8, 4) is 0 Å². The highest BCUT2D eigenvalue weighted by Crippen LogP contribution is 2.17. The van der Waals surface area contributed by atoms with Gasteiger partial charge in [-0.2, -0.15) is 0 Å². The molecular formula is C21H23N3O2. The molecule has 3 N–H and O–H groups in total. The Morgan fingerprint density at radius 1 is 0.923 bits per heavy atom. The Balaban J connectivity index is 1.40. The molecule has 134 valence electrons.